The van der Waals surface area contributed by atoms with Gasteiger partial charge in [-0.05, 0) is 25.0 Å². The summed E-state index contributed by atoms with van der Waals surface area (Å²) in [5.41, 5.74) is 5.49. The summed E-state index contributed by atoms with van der Waals surface area (Å²) in [6, 6.07) is 5.77. The number of aromatic nitrogens is 1. The lowest BCUT2D eigenvalue weighted by Crippen LogP contribution is -2.08. The third kappa shape index (κ3) is 2.06. The molecule has 0 atom stereocenters. The van der Waals surface area contributed by atoms with E-state index in [1.807, 2.05) is 18.2 Å². The van der Waals surface area contributed by atoms with Gasteiger partial charge in [0.05, 0.1) is 19.9 Å². The summed E-state index contributed by atoms with van der Waals surface area (Å²) in [7, 11) is 3.26. The number of rotatable bonds is 4. The smallest absolute Gasteiger partial charge is 0.148 e. The third-order valence-electron chi connectivity index (χ3n) is 3.48. The number of nitrogens with one attached hydrogen (secondary N) is 1. The van der Waals surface area contributed by atoms with Gasteiger partial charge in [0, 0.05) is 23.1 Å². The van der Waals surface area contributed by atoms with Gasteiger partial charge in [-0.25, -0.2) is 4.98 Å². The molecule has 100 valence electrons. The molecule has 5 heteroatoms. The SMILES string of the molecule is COc1cc(OC)c2nc(C3CC3)cc(NN)c2c1. The predicted molar refractivity (Wildman–Crippen MR) is 74.6 cm³/mol. The van der Waals surface area contributed by atoms with E-state index in [4.69, 9.17) is 20.3 Å². The van der Waals surface area contributed by atoms with Gasteiger partial charge in [0.1, 0.15) is 17.0 Å². The number of hydrogen-bond acceptors (Lipinski definition) is 5. The van der Waals surface area contributed by atoms with Crippen LogP contribution < -0.4 is 20.7 Å². The van der Waals surface area contributed by atoms with Gasteiger partial charge in [-0.3, -0.25) is 5.84 Å². The van der Waals surface area contributed by atoms with Crippen LogP contribution in [-0.2, 0) is 0 Å². The molecule has 2 aromatic rings. The topological polar surface area (TPSA) is 69.4 Å². The van der Waals surface area contributed by atoms with Crippen LogP contribution in [0.4, 0.5) is 5.69 Å². The van der Waals surface area contributed by atoms with E-state index < -0.39 is 0 Å². The van der Waals surface area contributed by atoms with Crippen molar-refractivity contribution in [1.29, 1.82) is 0 Å². The number of hydrazine groups is 1. The second-order valence-electron chi connectivity index (χ2n) is 4.74. The standard InChI is InChI=1S/C14H17N3O2/c1-18-9-5-10-12(17-15)7-11(8-3-4-8)16-14(10)13(6-9)19-2/h5-8H,3-4,15H2,1-2H3,(H,16,17). The lowest BCUT2D eigenvalue weighted by Gasteiger charge is -2.13. The minimum atomic E-state index is 0.559. The van der Waals surface area contributed by atoms with E-state index in [2.05, 4.69) is 5.43 Å². The highest BCUT2D eigenvalue weighted by Crippen LogP contribution is 2.42. The average molecular weight is 259 g/mol. The first-order valence-corrected chi connectivity index (χ1v) is 6.30. The second-order valence-corrected chi connectivity index (χ2v) is 4.74. The molecule has 1 fully saturated rings. The van der Waals surface area contributed by atoms with Crippen LogP contribution in [0.3, 0.4) is 0 Å². The Morgan fingerprint density at radius 3 is 2.58 bits per heavy atom. The van der Waals surface area contributed by atoms with Gasteiger partial charge < -0.3 is 14.9 Å². The van der Waals surface area contributed by atoms with Gasteiger partial charge in [0.2, 0.25) is 0 Å². The Bertz CT molecular complexity index is 624. The highest BCUT2D eigenvalue weighted by atomic mass is 16.5. The number of methoxy groups -OCH3 is 2. The van der Waals surface area contributed by atoms with E-state index in [-0.39, 0.29) is 0 Å². The van der Waals surface area contributed by atoms with E-state index >= 15 is 0 Å². The quantitative estimate of drug-likeness (QED) is 0.652. The Morgan fingerprint density at radius 2 is 2.00 bits per heavy atom. The fourth-order valence-corrected chi connectivity index (χ4v) is 2.27. The second kappa shape index (κ2) is 4.59. The van der Waals surface area contributed by atoms with Crippen LogP contribution in [0.15, 0.2) is 18.2 Å². The average Bonchev–Trinajstić information content (AvgIpc) is 3.29. The summed E-state index contributed by atoms with van der Waals surface area (Å²) in [6.45, 7) is 0. The van der Waals surface area contributed by atoms with Crippen molar-refractivity contribution in [2.24, 2.45) is 5.84 Å². The zero-order valence-corrected chi connectivity index (χ0v) is 11.1. The highest BCUT2D eigenvalue weighted by Gasteiger charge is 2.26. The summed E-state index contributed by atoms with van der Waals surface area (Å²) in [4.78, 5) is 4.72. The summed E-state index contributed by atoms with van der Waals surface area (Å²) in [5.74, 6) is 7.61. The monoisotopic (exact) mass is 259 g/mol. The molecule has 0 aliphatic heterocycles. The van der Waals surface area contributed by atoms with Crippen molar-refractivity contribution in [2.75, 3.05) is 19.6 Å². The number of nitrogens with zero attached hydrogens (tertiary/aromatic N) is 1. The number of hydrogen-bond donors (Lipinski definition) is 2. The van der Waals surface area contributed by atoms with Crippen molar-refractivity contribution < 1.29 is 9.47 Å². The molecule has 19 heavy (non-hydrogen) atoms. The van der Waals surface area contributed by atoms with Crippen LogP contribution >= 0.6 is 0 Å². The molecule has 1 saturated carbocycles. The lowest BCUT2D eigenvalue weighted by atomic mass is 10.1. The minimum absolute atomic E-state index is 0.559. The van der Waals surface area contributed by atoms with E-state index in [9.17, 15) is 0 Å². The fourth-order valence-electron chi connectivity index (χ4n) is 2.27. The Morgan fingerprint density at radius 1 is 1.21 bits per heavy atom. The number of fused-ring (bicyclic) bond motifs is 1. The van der Waals surface area contributed by atoms with E-state index in [1.54, 1.807) is 14.2 Å². The summed E-state index contributed by atoms with van der Waals surface area (Å²) in [6.07, 6.45) is 2.39. The first-order chi connectivity index (χ1) is 9.26. The van der Waals surface area contributed by atoms with Gasteiger partial charge in [-0.2, -0.15) is 0 Å². The van der Waals surface area contributed by atoms with Gasteiger partial charge in [0.15, 0.2) is 0 Å². The molecule has 1 aliphatic carbocycles. The van der Waals surface area contributed by atoms with Crippen LogP contribution in [0, 0.1) is 0 Å². The Balaban J connectivity index is 2.28. The number of anilines is 1. The maximum Gasteiger partial charge on any atom is 0.148 e. The molecule has 0 amide bonds. The first-order valence-electron chi connectivity index (χ1n) is 6.30. The fraction of sp³-hybridized carbons (Fsp3) is 0.357. The molecule has 5 nitrogen and oxygen atoms in total. The molecule has 1 aliphatic rings. The number of pyridine rings is 1. The van der Waals surface area contributed by atoms with Crippen LogP contribution in [-0.4, -0.2) is 19.2 Å². The third-order valence-corrected chi connectivity index (χ3v) is 3.48. The number of benzene rings is 1. The van der Waals surface area contributed by atoms with Crippen molar-refractivity contribution in [1.82, 2.24) is 4.98 Å². The number of ether oxygens (including phenoxy) is 2. The summed E-state index contributed by atoms with van der Waals surface area (Å²) in [5, 5.41) is 0.906. The van der Waals surface area contributed by atoms with Crippen molar-refractivity contribution in [2.45, 2.75) is 18.8 Å². The summed E-state index contributed by atoms with van der Waals surface area (Å²) < 4.78 is 10.7. The molecule has 0 unspecified atom stereocenters. The highest BCUT2D eigenvalue weighted by molar-refractivity contribution is 5.96. The maximum absolute atomic E-state index is 5.63. The van der Waals surface area contributed by atoms with Crippen LogP contribution in [0.5, 0.6) is 11.5 Å². The molecule has 0 bridgehead atoms. The Hall–Kier alpha value is -2.01. The van der Waals surface area contributed by atoms with Crippen molar-refractivity contribution >= 4 is 16.6 Å². The molecule has 0 spiro atoms. The molecule has 0 saturated heterocycles. The van der Waals surface area contributed by atoms with E-state index in [0.29, 0.717) is 11.7 Å². The van der Waals surface area contributed by atoms with Gasteiger partial charge in [-0.15, -0.1) is 0 Å². The molecular weight excluding hydrogens is 242 g/mol. The van der Waals surface area contributed by atoms with Gasteiger partial charge >= 0.3 is 0 Å². The van der Waals surface area contributed by atoms with Crippen molar-refractivity contribution in [3.8, 4) is 11.5 Å². The molecular formula is C14H17N3O2. The van der Waals surface area contributed by atoms with Crippen molar-refractivity contribution in [3.63, 3.8) is 0 Å². The van der Waals surface area contributed by atoms with Crippen LogP contribution in [0.1, 0.15) is 24.5 Å². The first kappa shape index (κ1) is 12.0. The molecule has 1 aromatic heterocycles. The van der Waals surface area contributed by atoms with Crippen LogP contribution in [0.25, 0.3) is 10.9 Å². The summed E-state index contributed by atoms with van der Waals surface area (Å²) >= 11 is 0. The number of nitrogens with two attached hydrogens (primary N) is 1. The molecule has 3 N–H and O–H groups in total. The molecule has 0 radical (unpaired) electrons. The Kier molecular flexibility index (Phi) is 2.91. The zero-order chi connectivity index (χ0) is 13.4. The molecule has 3 rings (SSSR count). The largest absolute Gasteiger partial charge is 0.497 e. The molecule has 1 aromatic carbocycles. The number of nitrogen functional groups attached to an aromatic ring is 1. The van der Waals surface area contributed by atoms with E-state index in [0.717, 1.165) is 28.0 Å². The normalized spacial score (nSPS) is 14.5. The van der Waals surface area contributed by atoms with E-state index in [1.165, 1.54) is 12.8 Å². The predicted octanol–water partition coefficient (Wildman–Crippen LogP) is 2.42. The Labute approximate surface area is 111 Å². The zero-order valence-electron chi connectivity index (χ0n) is 11.1. The van der Waals surface area contributed by atoms with Gasteiger partial charge in [0.25, 0.3) is 0 Å². The van der Waals surface area contributed by atoms with Crippen LogP contribution in [0.2, 0.25) is 0 Å². The maximum atomic E-state index is 5.63. The molecule has 1 heterocycles. The van der Waals surface area contributed by atoms with Gasteiger partial charge in [-0.1, -0.05) is 0 Å². The lowest BCUT2D eigenvalue weighted by molar-refractivity contribution is 0.397. The van der Waals surface area contributed by atoms with Crippen molar-refractivity contribution in [3.05, 3.63) is 23.9 Å². The minimum Gasteiger partial charge on any atom is -0.497 e.